The Labute approximate surface area is 157 Å². The van der Waals surface area contributed by atoms with E-state index in [1.54, 1.807) is 14.2 Å². The zero-order valence-electron chi connectivity index (χ0n) is 14.5. The number of ether oxygens (including phenoxy) is 2. The van der Waals surface area contributed by atoms with Gasteiger partial charge in [-0.05, 0) is 48.9 Å². The van der Waals surface area contributed by atoms with Crippen molar-refractivity contribution in [1.29, 1.82) is 0 Å². The van der Waals surface area contributed by atoms with Crippen molar-refractivity contribution >= 4 is 21.6 Å². The predicted octanol–water partition coefficient (Wildman–Crippen LogP) is 4.59. The van der Waals surface area contributed by atoms with Gasteiger partial charge in [-0.25, -0.2) is 5.43 Å². The summed E-state index contributed by atoms with van der Waals surface area (Å²) in [5, 5.41) is 2.27. The molecule has 2 aliphatic rings. The van der Waals surface area contributed by atoms with Gasteiger partial charge in [-0.3, -0.25) is 5.01 Å². The molecular formula is C20H23BrN2O2. The van der Waals surface area contributed by atoms with E-state index in [1.807, 2.05) is 12.1 Å². The number of halogens is 1. The smallest absolute Gasteiger partial charge is 0.161 e. The van der Waals surface area contributed by atoms with Gasteiger partial charge in [0.15, 0.2) is 11.5 Å². The largest absolute Gasteiger partial charge is 0.493 e. The van der Waals surface area contributed by atoms with Crippen LogP contribution in [0.15, 0.2) is 42.5 Å². The number of hydrazine groups is 1. The van der Waals surface area contributed by atoms with Crippen LogP contribution in [0.5, 0.6) is 11.5 Å². The third kappa shape index (κ3) is 3.23. The van der Waals surface area contributed by atoms with Crippen molar-refractivity contribution < 1.29 is 9.47 Å². The molecule has 1 heterocycles. The van der Waals surface area contributed by atoms with Crippen LogP contribution in [0.4, 0.5) is 5.69 Å². The molecule has 4 nitrogen and oxygen atoms in total. The summed E-state index contributed by atoms with van der Waals surface area (Å²) in [6.07, 6.45) is 3.83. The number of hydrogen-bond acceptors (Lipinski definition) is 4. The zero-order valence-corrected chi connectivity index (χ0v) is 16.1. The van der Waals surface area contributed by atoms with E-state index in [4.69, 9.17) is 9.47 Å². The van der Waals surface area contributed by atoms with E-state index in [9.17, 15) is 0 Å². The monoisotopic (exact) mass is 402 g/mol. The molecule has 2 atom stereocenters. The van der Waals surface area contributed by atoms with Gasteiger partial charge in [0.25, 0.3) is 0 Å². The molecule has 1 saturated heterocycles. The molecule has 0 radical (unpaired) electrons. The summed E-state index contributed by atoms with van der Waals surface area (Å²) >= 11 is 3.85. The van der Waals surface area contributed by atoms with Crippen molar-refractivity contribution in [2.24, 2.45) is 5.92 Å². The lowest BCUT2D eigenvalue weighted by molar-refractivity contribution is 0.355. The summed E-state index contributed by atoms with van der Waals surface area (Å²) < 4.78 is 10.8. The average Bonchev–Trinajstić information content (AvgIpc) is 3.43. The molecule has 2 aromatic carbocycles. The standard InChI is InChI=1S/C20H23BrN2O2/c1-24-18-10-9-14(11-19(18)25-2)15-5-3-4-6-17(15)23-20(21)12-16(22-23)13-7-8-13/h3-6,9-11,13,16,20,22H,7-8,12H2,1-2H3. The van der Waals surface area contributed by atoms with Crippen molar-refractivity contribution in [3.8, 4) is 22.6 Å². The first-order valence-corrected chi connectivity index (χ1v) is 9.63. The summed E-state index contributed by atoms with van der Waals surface area (Å²) in [6, 6.07) is 15.1. The van der Waals surface area contributed by atoms with Gasteiger partial charge in [-0.2, -0.15) is 0 Å². The molecule has 132 valence electrons. The lowest BCUT2D eigenvalue weighted by atomic mass is 10.0. The maximum atomic E-state index is 5.48. The predicted molar refractivity (Wildman–Crippen MR) is 104 cm³/mol. The van der Waals surface area contributed by atoms with Crippen molar-refractivity contribution in [3.63, 3.8) is 0 Å². The van der Waals surface area contributed by atoms with Crippen LogP contribution in [0.2, 0.25) is 0 Å². The van der Waals surface area contributed by atoms with Crippen LogP contribution < -0.4 is 19.9 Å². The van der Waals surface area contributed by atoms with Crippen LogP contribution >= 0.6 is 15.9 Å². The lowest BCUT2D eigenvalue weighted by Crippen LogP contribution is -2.38. The molecule has 5 heteroatoms. The first-order valence-electron chi connectivity index (χ1n) is 8.72. The Morgan fingerprint density at radius 2 is 1.80 bits per heavy atom. The van der Waals surface area contributed by atoms with E-state index < -0.39 is 0 Å². The van der Waals surface area contributed by atoms with Gasteiger partial charge in [-0.1, -0.05) is 40.2 Å². The van der Waals surface area contributed by atoms with E-state index in [-0.39, 0.29) is 0 Å². The van der Waals surface area contributed by atoms with Gasteiger partial charge in [0.1, 0.15) is 4.95 Å². The molecule has 0 amide bonds. The Kier molecular flexibility index (Phi) is 4.61. The second-order valence-electron chi connectivity index (χ2n) is 6.70. The van der Waals surface area contributed by atoms with Crippen LogP contribution in [0.3, 0.4) is 0 Å². The normalized spacial score (nSPS) is 22.9. The minimum Gasteiger partial charge on any atom is -0.493 e. The fourth-order valence-electron chi connectivity index (χ4n) is 3.58. The second-order valence-corrected chi connectivity index (χ2v) is 7.76. The van der Waals surface area contributed by atoms with Crippen molar-refractivity contribution in [2.45, 2.75) is 30.3 Å². The topological polar surface area (TPSA) is 33.7 Å². The Hall–Kier alpha value is -1.72. The van der Waals surface area contributed by atoms with Crippen LogP contribution in [0.25, 0.3) is 11.1 Å². The molecule has 4 rings (SSSR count). The van der Waals surface area contributed by atoms with Gasteiger partial charge in [0, 0.05) is 11.6 Å². The number of rotatable bonds is 5. The molecule has 0 aromatic heterocycles. The Morgan fingerprint density at radius 1 is 1.04 bits per heavy atom. The van der Waals surface area contributed by atoms with Crippen molar-refractivity contribution in [2.75, 3.05) is 19.2 Å². The van der Waals surface area contributed by atoms with E-state index in [0.29, 0.717) is 11.0 Å². The zero-order chi connectivity index (χ0) is 17.4. The minimum absolute atomic E-state index is 0.305. The van der Waals surface area contributed by atoms with Crippen molar-refractivity contribution in [1.82, 2.24) is 5.43 Å². The van der Waals surface area contributed by atoms with Gasteiger partial charge in [0.05, 0.1) is 19.9 Å². The maximum Gasteiger partial charge on any atom is 0.161 e. The summed E-state index contributed by atoms with van der Waals surface area (Å²) in [5.41, 5.74) is 7.18. The third-order valence-electron chi connectivity index (χ3n) is 5.08. The Morgan fingerprint density at radius 3 is 2.52 bits per heavy atom. The Balaban J connectivity index is 1.70. The second kappa shape index (κ2) is 6.89. The highest BCUT2D eigenvalue weighted by Crippen LogP contribution is 2.42. The van der Waals surface area contributed by atoms with E-state index in [0.717, 1.165) is 29.4 Å². The summed E-state index contributed by atoms with van der Waals surface area (Å²) in [5.74, 6) is 2.32. The minimum atomic E-state index is 0.305. The number of para-hydroxylation sites is 1. The molecule has 2 fully saturated rings. The van der Waals surface area contributed by atoms with Crippen molar-refractivity contribution in [3.05, 3.63) is 42.5 Å². The van der Waals surface area contributed by atoms with Crippen LogP contribution in [-0.4, -0.2) is 25.2 Å². The number of methoxy groups -OCH3 is 2. The Bertz CT molecular complexity index is 763. The first-order chi connectivity index (χ1) is 12.2. The SMILES string of the molecule is COc1ccc(-c2ccccc2N2NC(C3CC3)CC2Br)cc1OC. The molecule has 0 spiro atoms. The summed E-state index contributed by atoms with van der Waals surface area (Å²) in [6.45, 7) is 0. The fourth-order valence-corrected chi connectivity index (χ4v) is 4.32. The summed E-state index contributed by atoms with van der Waals surface area (Å²) in [4.78, 5) is 0.305. The van der Waals surface area contributed by atoms with Crippen LogP contribution in [0, 0.1) is 5.92 Å². The number of anilines is 1. The molecule has 1 aliphatic heterocycles. The van der Waals surface area contributed by atoms with E-state index in [2.05, 4.69) is 56.7 Å². The number of benzene rings is 2. The molecule has 1 aliphatic carbocycles. The molecule has 2 aromatic rings. The van der Waals surface area contributed by atoms with Gasteiger partial charge in [-0.15, -0.1) is 0 Å². The first kappa shape index (κ1) is 16.7. The lowest BCUT2D eigenvalue weighted by Gasteiger charge is -2.26. The van der Waals surface area contributed by atoms with Gasteiger partial charge >= 0.3 is 0 Å². The number of alkyl halides is 1. The molecular weight excluding hydrogens is 380 g/mol. The van der Waals surface area contributed by atoms with Crippen LogP contribution in [0.1, 0.15) is 19.3 Å². The molecule has 1 N–H and O–H groups in total. The molecule has 0 bridgehead atoms. The number of nitrogens with one attached hydrogen (secondary N) is 1. The maximum absolute atomic E-state index is 5.48. The summed E-state index contributed by atoms with van der Waals surface area (Å²) in [7, 11) is 3.33. The van der Waals surface area contributed by atoms with Gasteiger partial charge in [0.2, 0.25) is 0 Å². The highest BCUT2D eigenvalue weighted by atomic mass is 79.9. The molecule has 25 heavy (non-hydrogen) atoms. The molecule has 1 saturated carbocycles. The third-order valence-corrected chi connectivity index (χ3v) is 5.87. The number of hydrogen-bond donors (Lipinski definition) is 1. The van der Waals surface area contributed by atoms with Crippen LogP contribution in [-0.2, 0) is 0 Å². The highest BCUT2D eigenvalue weighted by molar-refractivity contribution is 9.09. The highest BCUT2D eigenvalue weighted by Gasteiger charge is 2.40. The van der Waals surface area contributed by atoms with Gasteiger partial charge < -0.3 is 9.47 Å². The average molecular weight is 403 g/mol. The van der Waals surface area contributed by atoms with E-state index >= 15 is 0 Å². The number of nitrogens with zero attached hydrogens (tertiary/aromatic N) is 1. The molecule has 2 unspecified atom stereocenters. The van der Waals surface area contributed by atoms with E-state index in [1.165, 1.54) is 24.1 Å². The fraction of sp³-hybridized carbons (Fsp3) is 0.400. The quantitative estimate of drug-likeness (QED) is 0.585.